The fourth-order valence-electron chi connectivity index (χ4n) is 0.486. The molecule has 0 radical (unpaired) electrons. The Kier molecular flexibility index (Phi) is 6.80. The summed E-state index contributed by atoms with van der Waals surface area (Å²) in [4.78, 5) is 0. The number of aliphatic hydroxyl groups is 1. The summed E-state index contributed by atoms with van der Waals surface area (Å²) in [5, 5.41) is 9.17. The first-order valence-electron chi connectivity index (χ1n) is 3.31. The second-order valence-corrected chi connectivity index (χ2v) is 5.24. The number of aliphatic hydroxyl groups excluding tert-OH is 1. The lowest BCUT2D eigenvalue weighted by molar-refractivity contribution is 0.243. The summed E-state index contributed by atoms with van der Waals surface area (Å²) in [6.07, 6.45) is 5.51. The van der Waals surface area contributed by atoms with Crippen LogP contribution in [0.25, 0.3) is 0 Å². The van der Waals surface area contributed by atoms with Crippen molar-refractivity contribution in [3.63, 3.8) is 0 Å². The Bertz CT molecular complexity index is 102. The van der Waals surface area contributed by atoms with Crippen molar-refractivity contribution in [3.8, 4) is 0 Å². The molecular formula is C7H12Br2O. The topological polar surface area (TPSA) is 20.2 Å². The van der Waals surface area contributed by atoms with Gasteiger partial charge in [0.25, 0.3) is 0 Å². The predicted octanol–water partition coefficient (Wildman–Crippen LogP) is 2.82. The number of hydrogen-bond acceptors (Lipinski definition) is 1. The second-order valence-electron chi connectivity index (χ2n) is 2.04. The third-order valence-electron chi connectivity index (χ3n) is 1.05. The first kappa shape index (κ1) is 10.7. The minimum Gasteiger partial charge on any atom is -0.387 e. The number of allylic oxidation sites excluding steroid dienone is 1. The molecule has 0 aliphatic heterocycles. The van der Waals surface area contributed by atoms with Gasteiger partial charge >= 0.3 is 0 Å². The molecule has 1 N–H and O–H groups in total. The second kappa shape index (κ2) is 6.38. The lowest BCUT2D eigenvalue weighted by Gasteiger charge is -2.04. The van der Waals surface area contributed by atoms with Gasteiger partial charge < -0.3 is 5.11 Å². The predicted molar refractivity (Wildman–Crippen MR) is 51.7 cm³/mol. The van der Waals surface area contributed by atoms with Crippen LogP contribution in [0.4, 0.5) is 0 Å². The van der Waals surface area contributed by atoms with Gasteiger partial charge in [-0.3, -0.25) is 0 Å². The molecule has 3 heteroatoms. The average Bonchev–Trinajstić information content (AvgIpc) is 1.88. The van der Waals surface area contributed by atoms with Crippen LogP contribution in [0.3, 0.4) is 0 Å². The summed E-state index contributed by atoms with van der Waals surface area (Å²) in [5.41, 5.74) is 0. The molecule has 0 heterocycles. The lowest BCUT2D eigenvalue weighted by atomic mass is 10.3. The van der Waals surface area contributed by atoms with Crippen LogP contribution in [0, 0.1) is 0 Å². The molecule has 1 nitrogen and oxygen atoms in total. The number of alkyl halides is 2. The van der Waals surface area contributed by atoms with Gasteiger partial charge in [-0.05, 0) is 6.42 Å². The Morgan fingerprint density at radius 1 is 1.50 bits per heavy atom. The van der Waals surface area contributed by atoms with Crippen LogP contribution < -0.4 is 0 Å². The van der Waals surface area contributed by atoms with Crippen molar-refractivity contribution in [2.75, 3.05) is 0 Å². The first-order chi connectivity index (χ1) is 4.68. The van der Waals surface area contributed by atoms with Gasteiger partial charge in [0.2, 0.25) is 0 Å². The third kappa shape index (κ3) is 5.45. The minimum absolute atomic E-state index is 0.0342. The molecule has 0 aromatic carbocycles. The molecule has 0 aromatic rings. The van der Waals surface area contributed by atoms with E-state index < -0.39 is 6.10 Å². The van der Waals surface area contributed by atoms with Crippen molar-refractivity contribution in [1.29, 1.82) is 0 Å². The highest BCUT2D eigenvalue weighted by molar-refractivity contribution is 9.24. The number of rotatable bonds is 4. The van der Waals surface area contributed by atoms with Gasteiger partial charge in [0.1, 0.15) is 0 Å². The molecule has 0 aliphatic carbocycles. The molecule has 0 fully saturated rings. The summed E-state index contributed by atoms with van der Waals surface area (Å²) in [7, 11) is 0. The summed E-state index contributed by atoms with van der Waals surface area (Å²) in [5.74, 6) is 0. The maximum Gasteiger partial charge on any atom is 0.0991 e. The maximum absolute atomic E-state index is 9.17. The smallest absolute Gasteiger partial charge is 0.0991 e. The molecule has 0 amide bonds. The molecule has 0 aliphatic rings. The van der Waals surface area contributed by atoms with Crippen molar-refractivity contribution in [2.24, 2.45) is 0 Å². The molecule has 0 saturated heterocycles. The van der Waals surface area contributed by atoms with Crippen LogP contribution in [-0.2, 0) is 0 Å². The van der Waals surface area contributed by atoms with Crippen molar-refractivity contribution < 1.29 is 5.11 Å². The molecule has 0 aromatic heterocycles. The van der Waals surface area contributed by atoms with Gasteiger partial charge in [0.15, 0.2) is 0 Å². The van der Waals surface area contributed by atoms with Crippen molar-refractivity contribution >= 4 is 31.9 Å². The third-order valence-corrected chi connectivity index (χ3v) is 2.13. The normalized spacial score (nSPS) is 14.9. The van der Waals surface area contributed by atoms with Crippen molar-refractivity contribution in [3.05, 3.63) is 12.2 Å². The number of hydrogen-bond donors (Lipinski definition) is 1. The summed E-state index contributed by atoms with van der Waals surface area (Å²) < 4.78 is -0.0342. The van der Waals surface area contributed by atoms with Crippen LogP contribution in [0.2, 0.25) is 0 Å². The summed E-state index contributed by atoms with van der Waals surface area (Å²) >= 11 is 6.41. The van der Waals surface area contributed by atoms with Crippen molar-refractivity contribution in [2.45, 2.75) is 29.6 Å². The Labute approximate surface area is 78.8 Å². The van der Waals surface area contributed by atoms with Gasteiger partial charge in [-0.15, -0.1) is 0 Å². The van der Waals surface area contributed by atoms with Crippen LogP contribution in [0.15, 0.2) is 12.2 Å². The molecule has 0 spiro atoms. The monoisotopic (exact) mass is 270 g/mol. The zero-order valence-corrected chi connectivity index (χ0v) is 9.10. The van der Waals surface area contributed by atoms with Crippen LogP contribution >= 0.6 is 31.9 Å². The fourth-order valence-corrected chi connectivity index (χ4v) is 0.839. The minimum atomic E-state index is -0.424. The molecular weight excluding hydrogens is 260 g/mol. The summed E-state index contributed by atoms with van der Waals surface area (Å²) in [6, 6.07) is 0. The SMILES string of the molecule is CCC/C=C/[C@@H](O)C(Br)Br. The Morgan fingerprint density at radius 3 is 2.50 bits per heavy atom. The standard InChI is InChI=1S/C7H12Br2O/c1-2-3-4-5-6(10)7(8)9/h4-7,10H,2-3H2,1H3/b5-4+/t6-/m1/s1. The van der Waals surface area contributed by atoms with E-state index in [0.717, 1.165) is 12.8 Å². The van der Waals surface area contributed by atoms with E-state index in [0.29, 0.717) is 0 Å². The molecule has 0 saturated carbocycles. The Balaban J connectivity index is 3.45. The molecule has 0 bridgehead atoms. The largest absolute Gasteiger partial charge is 0.387 e. The van der Waals surface area contributed by atoms with Gasteiger partial charge in [-0.25, -0.2) is 0 Å². The summed E-state index contributed by atoms with van der Waals surface area (Å²) in [6.45, 7) is 2.11. The van der Waals surface area contributed by atoms with Gasteiger partial charge in [-0.2, -0.15) is 0 Å². The van der Waals surface area contributed by atoms with Crippen LogP contribution in [-0.4, -0.2) is 14.9 Å². The Morgan fingerprint density at radius 2 is 2.10 bits per heavy atom. The van der Waals surface area contributed by atoms with E-state index in [2.05, 4.69) is 38.8 Å². The zero-order valence-electron chi connectivity index (χ0n) is 5.93. The molecule has 1 atom stereocenters. The van der Waals surface area contributed by atoms with Gasteiger partial charge in [0, 0.05) is 0 Å². The van der Waals surface area contributed by atoms with E-state index in [1.807, 2.05) is 6.08 Å². The highest BCUT2D eigenvalue weighted by atomic mass is 79.9. The van der Waals surface area contributed by atoms with E-state index in [1.54, 1.807) is 6.08 Å². The Hall–Kier alpha value is 0.660. The molecule has 10 heavy (non-hydrogen) atoms. The van der Waals surface area contributed by atoms with Crippen LogP contribution in [0.1, 0.15) is 19.8 Å². The quantitative estimate of drug-likeness (QED) is 0.616. The zero-order chi connectivity index (χ0) is 7.98. The number of unbranched alkanes of at least 4 members (excludes halogenated alkanes) is 1. The van der Waals surface area contributed by atoms with Crippen LogP contribution in [0.5, 0.6) is 0 Å². The highest BCUT2D eigenvalue weighted by Crippen LogP contribution is 2.13. The fraction of sp³-hybridized carbons (Fsp3) is 0.714. The van der Waals surface area contributed by atoms with E-state index in [4.69, 9.17) is 0 Å². The molecule has 60 valence electrons. The van der Waals surface area contributed by atoms with E-state index in [1.165, 1.54) is 0 Å². The van der Waals surface area contributed by atoms with Crippen molar-refractivity contribution in [1.82, 2.24) is 0 Å². The highest BCUT2D eigenvalue weighted by Gasteiger charge is 2.06. The maximum atomic E-state index is 9.17. The molecule has 0 rings (SSSR count). The van der Waals surface area contributed by atoms with E-state index in [9.17, 15) is 5.11 Å². The first-order valence-corrected chi connectivity index (χ1v) is 5.14. The van der Waals surface area contributed by atoms with E-state index >= 15 is 0 Å². The molecule has 0 unspecified atom stereocenters. The lowest BCUT2D eigenvalue weighted by Crippen LogP contribution is -2.10. The average molecular weight is 272 g/mol. The van der Waals surface area contributed by atoms with Gasteiger partial charge in [0.05, 0.1) is 9.84 Å². The van der Waals surface area contributed by atoms with E-state index in [-0.39, 0.29) is 3.74 Å². The number of halogens is 2. The van der Waals surface area contributed by atoms with Gasteiger partial charge in [-0.1, -0.05) is 57.4 Å².